The molecular formula is C12H16FN3O3. The molecule has 104 valence electrons. The molecule has 0 radical (unpaired) electrons. The van der Waals surface area contributed by atoms with Gasteiger partial charge in [0.05, 0.1) is 13.7 Å². The summed E-state index contributed by atoms with van der Waals surface area (Å²) in [6, 6.07) is 3.93. The summed E-state index contributed by atoms with van der Waals surface area (Å²) in [5.41, 5.74) is 5.53. The van der Waals surface area contributed by atoms with Gasteiger partial charge in [0, 0.05) is 12.1 Å². The molecule has 1 aromatic rings. The van der Waals surface area contributed by atoms with Crippen LogP contribution >= 0.6 is 0 Å². The van der Waals surface area contributed by atoms with Crippen LogP contribution in [0.5, 0.6) is 5.75 Å². The van der Waals surface area contributed by atoms with Gasteiger partial charge in [-0.1, -0.05) is 5.16 Å². The smallest absolute Gasteiger partial charge is 0.254 e. The second kappa shape index (κ2) is 6.58. The molecular weight excluding hydrogens is 253 g/mol. The maximum absolute atomic E-state index is 13.5. The first-order chi connectivity index (χ1) is 9.03. The topological polar surface area (TPSA) is 88.1 Å². The SMILES string of the molecule is CCN(CC(N)=NO)C(=O)c1ccc(OC)c(F)c1. The predicted molar refractivity (Wildman–Crippen MR) is 67.9 cm³/mol. The Hall–Kier alpha value is -2.31. The van der Waals surface area contributed by atoms with E-state index in [1.165, 1.54) is 24.1 Å². The fourth-order valence-corrected chi connectivity index (χ4v) is 1.54. The zero-order chi connectivity index (χ0) is 14.4. The number of methoxy groups -OCH3 is 1. The zero-order valence-electron chi connectivity index (χ0n) is 10.8. The Morgan fingerprint density at radius 1 is 1.58 bits per heavy atom. The highest BCUT2D eigenvalue weighted by Gasteiger charge is 2.17. The molecule has 0 spiro atoms. The molecule has 3 N–H and O–H groups in total. The number of carbonyl (C=O) groups excluding carboxylic acids is 1. The number of hydrogen-bond acceptors (Lipinski definition) is 4. The van der Waals surface area contributed by atoms with E-state index in [-0.39, 0.29) is 23.7 Å². The minimum absolute atomic E-state index is 0.0283. The van der Waals surface area contributed by atoms with E-state index >= 15 is 0 Å². The summed E-state index contributed by atoms with van der Waals surface area (Å²) < 4.78 is 18.3. The first kappa shape index (κ1) is 14.7. The maximum Gasteiger partial charge on any atom is 0.254 e. The summed E-state index contributed by atoms with van der Waals surface area (Å²) in [6.45, 7) is 2.06. The molecule has 6 nitrogen and oxygen atoms in total. The highest BCUT2D eigenvalue weighted by atomic mass is 19.1. The highest BCUT2D eigenvalue weighted by Crippen LogP contribution is 2.18. The van der Waals surface area contributed by atoms with Gasteiger partial charge >= 0.3 is 0 Å². The first-order valence-corrected chi connectivity index (χ1v) is 5.62. The molecule has 0 unspecified atom stereocenters. The van der Waals surface area contributed by atoms with Crippen molar-refractivity contribution in [2.75, 3.05) is 20.2 Å². The average Bonchev–Trinajstić information content (AvgIpc) is 2.43. The van der Waals surface area contributed by atoms with Crippen LogP contribution in [0.15, 0.2) is 23.4 Å². The number of carbonyl (C=O) groups is 1. The summed E-state index contributed by atoms with van der Waals surface area (Å²) in [7, 11) is 1.34. The van der Waals surface area contributed by atoms with Crippen molar-refractivity contribution in [1.29, 1.82) is 0 Å². The van der Waals surface area contributed by atoms with E-state index in [0.29, 0.717) is 6.54 Å². The Labute approximate surface area is 110 Å². The van der Waals surface area contributed by atoms with Gasteiger partial charge in [-0.05, 0) is 25.1 Å². The van der Waals surface area contributed by atoms with Crippen LogP contribution < -0.4 is 10.5 Å². The van der Waals surface area contributed by atoms with Gasteiger partial charge in [0.2, 0.25) is 0 Å². The second-order valence-electron chi connectivity index (χ2n) is 3.76. The lowest BCUT2D eigenvalue weighted by atomic mass is 10.2. The van der Waals surface area contributed by atoms with Crippen LogP contribution in [-0.2, 0) is 0 Å². The van der Waals surface area contributed by atoms with E-state index in [0.717, 1.165) is 6.07 Å². The third-order valence-electron chi connectivity index (χ3n) is 2.55. The number of benzene rings is 1. The van der Waals surface area contributed by atoms with Crippen molar-refractivity contribution in [3.05, 3.63) is 29.6 Å². The van der Waals surface area contributed by atoms with Crippen molar-refractivity contribution in [1.82, 2.24) is 4.90 Å². The molecule has 0 saturated heterocycles. The van der Waals surface area contributed by atoms with Crippen LogP contribution in [0, 0.1) is 5.82 Å². The molecule has 0 heterocycles. The minimum atomic E-state index is -0.617. The van der Waals surface area contributed by atoms with Crippen molar-refractivity contribution in [2.45, 2.75) is 6.92 Å². The van der Waals surface area contributed by atoms with E-state index in [4.69, 9.17) is 15.7 Å². The van der Waals surface area contributed by atoms with Crippen LogP contribution in [-0.4, -0.2) is 42.0 Å². The lowest BCUT2D eigenvalue weighted by molar-refractivity contribution is 0.0785. The molecule has 7 heteroatoms. The van der Waals surface area contributed by atoms with E-state index in [9.17, 15) is 9.18 Å². The number of rotatable bonds is 5. The third-order valence-corrected chi connectivity index (χ3v) is 2.55. The van der Waals surface area contributed by atoms with Crippen LogP contribution in [0.3, 0.4) is 0 Å². The summed E-state index contributed by atoms with van der Waals surface area (Å²) in [6.07, 6.45) is 0. The lowest BCUT2D eigenvalue weighted by Gasteiger charge is -2.20. The zero-order valence-corrected chi connectivity index (χ0v) is 10.8. The quantitative estimate of drug-likeness (QED) is 0.362. The Morgan fingerprint density at radius 2 is 2.26 bits per heavy atom. The highest BCUT2D eigenvalue weighted by molar-refractivity contribution is 5.97. The summed E-state index contributed by atoms with van der Waals surface area (Å²) in [5.74, 6) is -1.05. The monoisotopic (exact) mass is 269 g/mol. The molecule has 19 heavy (non-hydrogen) atoms. The Bertz CT molecular complexity index is 491. The Balaban J connectivity index is 2.94. The van der Waals surface area contributed by atoms with Gasteiger partial charge in [0.25, 0.3) is 5.91 Å². The van der Waals surface area contributed by atoms with Gasteiger partial charge in [-0.2, -0.15) is 0 Å². The van der Waals surface area contributed by atoms with Gasteiger partial charge < -0.3 is 20.6 Å². The molecule has 0 aromatic heterocycles. The van der Waals surface area contributed by atoms with Crippen molar-refractivity contribution in [3.8, 4) is 5.75 Å². The van der Waals surface area contributed by atoms with E-state index in [1.54, 1.807) is 6.92 Å². The minimum Gasteiger partial charge on any atom is -0.494 e. The fraction of sp³-hybridized carbons (Fsp3) is 0.333. The number of hydrogen-bond donors (Lipinski definition) is 2. The summed E-state index contributed by atoms with van der Waals surface area (Å²) in [5, 5.41) is 11.3. The molecule has 0 aliphatic heterocycles. The average molecular weight is 269 g/mol. The number of likely N-dealkylation sites (N-methyl/N-ethyl adjacent to an activating group) is 1. The molecule has 0 aliphatic rings. The normalized spacial score (nSPS) is 11.2. The molecule has 0 aliphatic carbocycles. The molecule has 0 saturated carbocycles. The van der Waals surface area contributed by atoms with Crippen LogP contribution in [0.1, 0.15) is 17.3 Å². The van der Waals surface area contributed by atoms with Gasteiger partial charge in [-0.3, -0.25) is 4.79 Å². The predicted octanol–water partition coefficient (Wildman–Crippen LogP) is 1.04. The van der Waals surface area contributed by atoms with E-state index in [1.807, 2.05) is 0 Å². The number of halogens is 1. The lowest BCUT2D eigenvalue weighted by Crippen LogP contribution is -2.38. The second-order valence-corrected chi connectivity index (χ2v) is 3.76. The summed E-state index contributed by atoms with van der Waals surface area (Å²) in [4.78, 5) is 13.4. The molecule has 0 fully saturated rings. The van der Waals surface area contributed by atoms with Gasteiger partial charge in [-0.25, -0.2) is 4.39 Å². The Morgan fingerprint density at radius 3 is 2.74 bits per heavy atom. The van der Waals surface area contributed by atoms with Crippen LogP contribution in [0.4, 0.5) is 4.39 Å². The van der Waals surface area contributed by atoms with Crippen LogP contribution in [0.2, 0.25) is 0 Å². The standard InChI is InChI=1S/C12H16FN3O3/c1-3-16(7-11(14)15-18)12(17)8-4-5-10(19-2)9(13)6-8/h4-6,18H,3,7H2,1-2H3,(H2,14,15). The fourth-order valence-electron chi connectivity index (χ4n) is 1.54. The molecule has 1 aromatic carbocycles. The third kappa shape index (κ3) is 3.57. The van der Waals surface area contributed by atoms with Crippen LogP contribution in [0.25, 0.3) is 0 Å². The van der Waals surface area contributed by atoms with Gasteiger partial charge in [0.15, 0.2) is 17.4 Å². The number of nitrogens with zero attached hydrogens (tertiary/aromatic N) is 2. The van der Waals surface area contributed by atoms with Crippen molar-refractivity contribution in [3.63, 3.8) is 0 Å². The summed E-state index contributed by atoms with van der Waals surface area (Å²) >= 11 is 0. The van der Waals surface area contributed by atoms with Crippen molar-refractivity contribution >= 4 is 11.7 Å². The maximum atomic E-state index is 13.5. The molecule has 1 amide bonds. The van der Waals surface area contributed by atoms with Crippen molar-refractivity contribution in [2.24, 2.45) is 10.9 Å². The van der Waals surface area contributed by atoms with Gasteiger partial charge in [-0.15, -0.1) is 0 Å². The largest absolute Gasteiger partial charge is 0.494 e. The molecule has 1 rings (SSSR count). The Kier molecular flexibility index (Phi) is 5.11. The van der Waals surface area contributed by atoms with E-state index < -0.39 is 11.7 Å². The number of oxime groups is 1. The number of nitrogens with two attached hydrogens (primary N) is 1. The van der Waals surface area contributed by atoms with Gasteiger partial charge in [0.1, 0.15) is 0 Å². The van der Waals surface area contributed by atoms with E-state index in [2.05, 4.69) is 5.16 Å². The van der Waals surface area contributed by atoms with Crippen molar-refractivity contribution < 1.29 is 19.1 Å². The first-order valence-electron chi connectivity index (χ1n) is 5.62. The molecule has 0 atom stereocenters. The number of ether oxygens (including phenoxy) is 1. The number of amidine groups is 1. The molecule has 0 bridgehead atoms. The number of amides is 1.